The van der Waals surface area contributed by atoms with Crippen LogP contribution >= 0.6 is 15.9 Å². The Labute approximate surface area is 114 Å². The fourth-order valence-corrected chi connectivity index (χ4v) is 2.16. The SMILES string of the molecule is Brc1ccc(NCc2c[n+]3ccccc3[nH]2)cc1. The van der Waals surface area contributed by atoms with E-state index in [0.29, 0.717) is 0 Å². The molecule has 90 valence electrons. The molecule has 2 N–H and O–H groups in total. The minimum Gasteiger partial charge on any atom is -0.377 e. The number of H-pyrrole nitrogens is 1. The molecule has 4 heteroatoms. The van der Waals surface area contributed by atoms with Gasteiger partial charge in [-0.25, -0.2) is 9.38 Å². The number of rotatable bonds is 3. The van der Waals surface area contributed by atoms with Gasteiger partial charge >= 0.3 is 0 Å². The largest absolute Gasteiger partial charge is 0.377 e. The number of benzene rings is 1. The summed E-state index contributed by atoms with van der Waals surface area (Å²) in [6.45, 7) is 0.781. The molecule has 3 nitrogen and oxygen atoms in total. The Morgan fingerprint density at radius 3 is 2.72 bits per heavy atom. The van der Waals surface area contributed by atoms with Crippen LogP contribution in [0.1, 0.15) is 5.69 Å². The highest BCUT2D eigenvalue weighted by Crippen LogP contribution is 2.14. The predicted octanol–water partition coefficient (Wildman–Crippen LogP) is 3.13. The molecule has 0 radical (unpaired) electrons. The van der Waals surface area contributed by atoms with E-state index in [0.717, 1.165) is 28.0 Å². The molecule has 0 fully saturated rings. The Hall–Kier alpha value is -1.81. The van der Waals surface area contributed by atoms with Gasteiger partial charge in [-0.3, -0.25) is 0 Å². The van der Waals surface area contributed by atoms with E-state index in [1.54, 1.807) is 0 Å². The van der Waals surface area contributed by atoms with Gasteiger partial charge in [-0.2, -0.15) is 0 Å². The van der Waals surface area contributed by atoms with Gasteiger partial charge in [0.05, 0.1) is 12.7 Å². The molecule has 2 aromatic heterocycles. The zero-order chi connectivity index (χ0) is 12.4. The van der Waals surface area contributed by atoms with Crippen molar-refractivity contribution in [1.82, 2.24) is 4.98 Å². The summed E-state index contributed by atoms with van der Waals surface area (Å²) in [5.74, 6) is 0. The maximum atomic E-state index is 3.43. The molecule has 0 saturated carbocycles. The molecule has 0 bridgehead atoms. The molecular formula is C14H13BrN3+. The van der Waals surface area contributed by atoms with Gasteiger partial charge in [-0.1, -0.05) is 22.0 Å². The normalized spacial score (nSPS) is 10.7. The molecule has 0 aliphatic carbocycles. The molecule has 0 aliphatic heterocycles. The van der Waals surface area contributed by atoms with Gasteiger partial charge in [0.2, 0.25) is 0 Å². The number of hydrogen-bond donors (Lipinski definition) is 2. The van der Waals surface area contributed by atoms with Crippen molar-refractivity contribution in [3.8, 4) is 0 Å². The first-order valence-corrected chi connectivity index (χ1v) is 6.58. The quantitative estimate of drug-likeness (QED) is 0.716. The van der Waals surface area contributed by atoms with Crippen LogP contribution in [0.5, 0.6) is 0 Å². The second-order valence-corrected chi connectivity index (χ2v) is 5.05. The summed E-state index contributed by atoms with van der Waals surface area (Å²) < 4.78 is 3.17. The molecule has 0 amide bonds. The van der Waals surface area contributed by atoms with Crippen molar-refractivity contribution in [2.24, 2.45) is 0 Å². The van der Waals surface area contributed by atoms with Crippen LogP contribution in [0.2, 0.25) is 0 Å². The Morgan fingerprint density at radius 1 is 1.11 bits per heavy atom. The highest BCUT2D eigenvalue weighted by atomic mass is 79.9. The number of aromatic amines is 1. The molecule has 0 aliphatic rings. The summed E-state index contributed by atoms with van der Waals surface area (Å²) in [6, 6.07) is 14.3. The van der Waals surface area contributed by atoms with Crippen molar-refractivity contribution in [3.05, 3.63) is 65.0 Å². The zero-order valence-corrected chi connectivity index (χ0v) is 11.3. The van der Waals surface area contributed by atoms with Crippen LogP contribution in [-0.4, -0.2) is 4.98 Å². The summed E-state index contributed by atoms with van der Waals surface area (Å²) in [4.78, 5) is 3.37. The fourth-order valence-electron chi connectivity index (χ4n) is 1.89. The number of nitrogens with one attached hydrogen (secondary N) is 2. The number of aromatic nitrogens is 2. The van der Waals surface area contributed by atoms with Gasteiger partial charge in [0.25, 0.3) is 5.65 Å². The lowest BCUT2D eigenvalue weighted by Gasteiger charge is -2.02. The maximum Gasteiger partial charge on any atom is 0.284 e. The molecule has 2 heterocycles. The molecule has 18 heavy (non-hydrogen) atoms. The first-order chi connectivity index (χ1) is 8.81. The van der Waals surface area contributed by atoms with Crippen LogP contribution in [0, 0.1) is 0 Å². The molecule has 0 saturated heterocycles. The Balaban J connectivity index is 1.74. The number of nitrogens with zero attached hydrogens (tertiary/aromatic N) is 1. The van der Waals surface area contributed by atoms with Gasteiger partial charge in [0, 0.05) is 16.2 Å². The standard InChI is InChI=1S/C14H12BrN3/c15-11-4-6-12(7-5-11)16-9-13-10-18-8-2-1-3-14(18)17-13/h1-8,10,16H,9H2/p+1. The Kier molecular flexibility index (Phi) is 3.02. The second-order valence-electron chi connectivity index (χ2n) is 4.13. The fraction of sp³-hybridized carbons (Fsp3) is 0.0714. The lowest BCUT2D eigenvalue weighted by atomic mass is 10.3. The smallest absolute Gasteiger partial charge is 0.284 e. The number of halogens is 1. The van der Waals surface area contributed by atoms with E-state index in [9.17, 15) is 0 Å². The first kappa shape index (κ1) is 11.3. The highest BCUT2D eigenvalue weighted by Gasteiger charge is 2.06. The lowest BCUT2D eigenvalue weighted by molar-refractivity contribution is -0.510. The minimum absolute atomic E-state index is 0.781. The molecule has 3 aromatic rings. The molecule has 3 rings (SSSR count). The average molecular weight is 303 g/mol. The van der Waals surface area contributed by atoms with Crippen LogP contribution in [0.4, 0.5) is 5.69 Å². The van der Waals surface area contributed by atoms with Gasteiger partial charge in [-0.05, 0) is 30.3 Å². The van der Waals surface area contributed by atoms with Crippen LogP contribution in [-0.2, 0) is 6.54 Å². The van der Waals surface area contributed by atoms with Crippen LogP contribution in [0.15, 0.2) is 59.3 Å². The summed E-state index contributed by atoms with van der Waals surface area (Å²) in [5, 5.41) is 3.38. The molecule has 1 aromatic carbocycles. The van der Waals surface area contributed by atoms with E-state index < -0.39 is 0 Å². The summed E-state index contributed by atoms with van der Waals surface area (Å²) in [6.07, 6.45) is 4.14. The maximum absolute atomic E-state index is 3.43. The molecule has 0 unspecified atom stereocenters. The van der Waals surface area contributed by atoms with Gasteiger partial charge in [-0.15, -0.1) is 0 Å². The average Bonchev–Trinajstić information content (AvgIpc) is 2.81. The van der Waals surface area contributed by atoms with Crippen molar-refractivity contribution in [1.29, 1.82) is 0 Å². The molecular weight excluding hydrogens is 290 g/mol. The van der Waals surface area contributed by atoms with Crippen molar-refractivity contribution in [3.63, 3.8) is 0 Å². The van der Waals surface area contributed by atoms with E-state index in [1.165, 1.54) is 0 Å². The number of pyridine rings is 1. The van der Waals surface area contributed by atoms with Gasteiger partial charge in [0.15, 0.2) is 5.69 Å². The minimum atomic E-state index is 0.781. The van der Waals surface area contributed by atoms with E-state index in [1.807, 2.05) is 30.5 Å². The zero-order valence-electron chi connectivity index (χ0n) is 9.73. The topological polar surface area (TPSA) is 31.9 Å². The Bertz CT molecular complexity index is 625. The number of fused-ring (bicyclic) bond motifs is 1. The Morgan fingerprint density at radius 2 is 1.94 bits per heavy atom. The third-order valence-corrected chi connectivity index (χ3v) is 3.33. The van der Waals surface area contributed by atoms with Crippen molar-refractivity contribution < 1.29 is 4.40 Å². The number of imidazole rings is 1. The first-order valence-electron chi connectivity index (χ1n) is 5.78. The van der Waals surface area contributed by atoms with Crippen LogP contribution in [0.3, 0.4) is 0 Å². The predicted molar refractivity (Wildman–Crippen MR) is 75.4 cm³/mol. The van der Waals surface area contributed by atoms with E-state index >= 15 is 0 Å². The van der Waals surface area contributed by atoms with Crippen molar-refractivity contribution >= 4 is 27.3 Å². The van der Waals surface area contributed by atoms with E-state index in [4.69, 9.17) is 0 Å². The van der Waals surface area contributed by atoms with Crippen molar-refractivity contribution in [2.45, 2.75) is 6.54 Å². The summed E-state index contributed by atoms with van der Waals surface area (Å²) >= 11 is 3.43. The number of hydrogen-bond acceptors (Lipinski definition) is 1. The van der Waals surface area contributed by atoms with Crippen LogP contribution in [0.25, 0.3) is 5.65 Å². The molecule has 0 spiro atoms. The monoisotopic (exact) mass is 302 g/mol. The van der Waals surface area contributed by atoms with Gasteiger partial charge < -0.3 is 5.32 Å². The van der Waals surface area contributed by atoms with E-state index in [-0.39, 0.29) is 0 Å². The van der Waals surface area contributed by atoms with Gasteiger partial charge in [0.1, 0.15) is 6.20 Å². The van der Waals surface area contributed by atoms with E-state index in [2.05, 4.69) is 55.0 Å². The third-order valence-electron chi connectivity index (χ3n) is 2.80. The summed E-state index contributed by atoms with van der Waals surface area (Å²) in [5.41, 5.74) is 3.37. The van der Waals surface area contributed by atoms with Crippen LogP contribution < -0.4 is 9.72 Å². The summed E-state index contributed by atoms with van der Waals surface area (Å²) in [7, 11) is 0. The lowest BCUT2D eigenvalue weighted by Crippen LogP contribution is -2.16. The number of anilines is 1. The van der Waals surface area contributed by atoms with Crippen molar-refractivity contribution in [2.75, 3.05) is 5.32 Å². The third kappa shape index (κ3) is 2.38. The second kappa shape index (κ2) is 4.82. The highest BCUT2D eigenvalue weighted by molar-refractivity contribution is 9.10. The molecule has 0 atom stereocenters.